The first-order valence-electron chi connectivity index (χ1n) is 7.18. The SMILES string of the molecule is Cc1ccc(OC2CCN([C@H](C)C(=O)O)CC2)cc1C. The topological polar surface area (TPSA) is 49.8 Å². The Bertz CT molecular complexity index is 479. The maximum absolute atomic E-state index is 11.0. The summed E-state index contributed by atoms with van der Waals surface area (Å²) in [6.45, 7) is 7.48. The minimum atomic E-state index is -0.751. The number of likely N-dealkylation sites (tertiary alicyclic amines) is 1. The number of hydrogen-bond donors (Lipinski definition) is 1. The number of nitrogens with zero attached hydrogens (tertiary/aromatic N) is 1. The third-order valence-electron chi connectivity index (χ3n) is 4.16. The van der Waals surface area contributed by atoms with Crippen molar-refractivity contribution in [1.29, 1.82) is 0 Å². The van der Waals surface area contributed by atoms with Crippen LogP contribution in [0.5, 0.6) is 5.75 Å². The van der Waals surface area contributed by atoms with E-state index in [1.807, 2.05) is 11.0 Å². The maximum atomic E-state index is 11.0. The number of carboxylic acid groups (broad SMARTS) is 1. The number of piperidine rings is 1. The van der Waals surface area contributed by atoms with E-state index in [9.17, 15) is 4.79 Å². The zero-order valence-corrected chi connectivity index (χ0v) is 12.4. The summed E-state index contributed by atoms with van der Waals surface area (Å²) < 4.78 is 6.01. The number of carbonyl (C=O) groups is 1. The Labute approximate surface area is 120 Å². The number of rotatable bonds is 4. The van der Waals surface area contributed by atoms with Crippen LogP contribution in [0.4, 0.5) is 0 Å². The molecule has 0 radical (unpaired) electrons. The molecule has 0 amide bonds. The molecule has 1 aliphatic heterocycles. The molecule has 1 heterocycles. The minimum Gasteiger partial charge on any atom is -0.490 e. The third kappa shape index (κ3) is 3.51. The fraction of sp³-hybridized carbons (Fsp3) is 0.562. The summed E-state index contributed by atoms with van der Waals surface area (Å²) in [6, 6.07) is 5.75. The van der Waals surface area contributed by atoms with Gasteiger partial charge in [0, 0.05) is 13.1 Å². The van der Waals surface area contributed by atoms with Gasteiger partial charge in [0.25, 0.3) is 0 Å². The summed E-state index contributed by atoms with van der Waals surface area (Å²) in [5.41, 5.74) is 2.50. The zero-order chi connectivity index (χ0) is 14.7. The van der Waals surface area contributed by atoms with Crippen molar-refractivity contribution in [3.63, 3.8) is 0 Å². The molecule has 1 aliphatic rings. The highest BCUT2D eigenvalue weighted by Gasteiger charge is 2.27. The van der Waals surface area contributed by atoms with E-state index in [0.29, 0.717) is 0 Å². The fourth-order valence-corrected chi connectivity index (χ4v) is 2.52. The van der Waals surface area contributed by atoms with Gasteiger partial charge in [0.2, 0.25) is 0 Å². The number of hydrogen-bond acceptors (Lipinski definition) is 3. The molecule has 20 heavy (non-hydrogen) atoms. The molecule has 0 unspecified atom stereocenters. The van der Waals surface area contributed by atoms with Crippen LogP contribution in [0.2, 0.25) is 0 Å². The van der Waals surface area contributed by atoms with Crippen LogP contribution in [0.25, 0.3) is 0 Å². The van der Waals surface area contributed by atoms with Crippen molar-refractivity contribution in [3.8, 4) is 5.75 Å². The molecule has 2 rings (SSSR count). The van der Waals surface area contributed by atoms with Gasteiger partial charge in [0.1, 0.15) is 17.9 Å². The average Bonchev–Trinajstić information content (AvgIpc) is 2.43. The molecule has 1 aromatic carbocycles. The van der Waals surface area contributed by atoms with Gasteiger partial charge in [0.05, 0.1) is 0 Å². The van der Waals surface area contributed by atoms with Crippen LogP contribution in [0.15, 0.2) is 18.2 Å². The van der Waals surface area contributed by atoms with Crippen molar-refractivity contribution in [2.75, 3.05) is 13.1 Å². The van der Waals surface area contributed by atoms with Crippen LogP contribution in [0, 0.1) is 13.8 Å². The van der Waals surface area contributed by atoms with Gasteiger partial charge in [-0.1, -0.05) is 6.07 Å². The van der Waals surface area contributed by atoms with Gasteiger partial charge < -0.3 is 9.84 Å². The van der Waals surface area contributed by atoms with Crippen LogP contribution < -0.4 is 4.74 Å². The summed E-state index contributed by atoms with van der Waals surface area (Å²) in [6.07, 6.45) is 1.95. The Morgan fingerprint density at radius 3 is 2.50 bits per heavy atom. The summed E-state index contributed by atoms with van der Waals surface area (Å²) in [4.78, 5) is 13.0. The van der Waals surface area contributed by atoms with E-state index in [-0.39, 0.29) is 6.10 Å². The Balaban J connectivity index is 1.88. The lowest BCUT2D eigenvalue weighted by molar-refractivity contribution is -0.143. The van der Waals surface area contributed by atoms with Crippen molar-refractivity contribution in [2.24, 2.45) is 0 Å². The molecule has 4 heteroatoms. The predicted octanol–water partition coefficient (Wildman–Crippen LogP) is 2.62. The summed E-state index contributed by atoms with van der Waals surface area (Å²) in [5.74, 6) is 0.163. The highest BCUT2D eigenvalue weighted by Crippen LogP contribution is 2.22. The van der Waals surface area contributed by atoms with Crippen LogP contribution in [0.3, 0.4) is 0 Å². The van der Waals surface area contributed by atoms with Gasteiger partial charge in [0.15, 0.2) is 0 Å². The van der Waals surface area contributed by atoms with Crippen molar-refractivity contribution in [2.45, 2.75) is 45.8 Å². The van der Waals surface area contributed by atoms with Crippen molar-refractivity contribution >= 4 is 5.97 Å². The van der Waals surface area contributed by atoms with Crippen LogP contribution in [-0.2, 0) is 4.79 Å². The lowest BCUT2D eigenvalue weighted by atomic mass is 10.1. The van der Waals surface area contributed by atoms with Crippen LogP contribution in [-0.4, -0.2) is 41.2 Å². The standard InChI is InChI=1S/C16H23NO3/c1-11-4-5-15(10-12(11)2)20-14-6-8-17(9-7-14)13(3)16(18)19/h4-5,10,13-14H,6-9H2,1-3H3,(H,18,19)/t13-/m1/s1. The molecule has 1 N–H and O–H groups in total. The monoisotopic (exact) mass is 277 g/mol. The highest BCUT2D eigenvalue weighted by molar-refractivity contribution is 5.72. The number of aliphatic carboxylic acids is 1. The Kier molecular flexibility index (Phi) is 4.65. The van der Waals surface area contributed by atoms with Gasteiger partial charge in [-0.05, 0) is 56.9 Å². The van der Waals surface area contributed by atoms with Crippen molar-refractivity contribution in [3.05, 3.63) is 29.3 Å². The van der Waals surface area contributed by atoms with Crippen molar-refractivity contribution in [1.82, 2.24) is 4.90 Å². The van der Waals surface area contributed by atoms with E-state index < -0.39 is 12.0 Å². The Morgan fingerprint density at radius 1 is 1.30 bits per heavy atom. The minimum absolute atomic E-state index is 0.189. The second kappa shape index (κ2) is 6.27. The van der Waals surface area contributed by atoms with E-state index >= 15 is 0 Å². The third-order valence-corrected chi connectivity index (χ3v) is 4.16. The first-order chi connectivity index (χ1) is 9.47. The first kappa shape index (κ1) is 14.9. The smallest absolute Gasteiger partial charge is 0.320 e. The van der Waals surface area contributed by atoms with Crippen LogP contribution >= 0.6 is 0 Å². The largest absolute Gasteiger partial charge is 0.490 e. The Morgan fingerprint density at radius 2 is 1.95 bits per heavy atom. The van der Waals surface area contributed by atoms with E-state index in [1.54, 1.807) is 6.92 Å². The summed E-state index contributed by atoms with van der Waals surface area (Å²) >= 11 is 0. The van der Waals surface area contributed by atoms with E-state index in [2.05, 4.69) is 26.0 Å². The van der Waals surface area contributed by atoms with Crippen LogP contribution in [0.1, 0.15) is 30.9 Å². The predicted molar refractivity (Wildman–Crippen MR) is 78.2 cm³/mol. The molecule has 1 aromatic rings. The molecule has 0 aromatic heterocycles. The molecule has 1 atom stereocenters. The van der Waals surface area contributed by atoms with E-state index in [1.165, 1.54) is 11.1 Å². The first-order valence-corrected chi connectivity index (χ1v) is 7.18. The molecule has 0 aliphatic carbocycles. The lowest BCUT2D eigenvalue weighted by Crippen LogP contribution is -2.46. The second-order valence-corrected chi connectivity index (χ2v) is 5.61. The van der Waals surface area contributed by atoms with E-state index in [0.717, 1.165) is 31.7 Å². The lowest BCUT2D eigenvalue weighted by Gasteiger charge is -2.34. The van der Waals surface area contributed by atoms with Gasteiger partial charge >= 0.3 is 5.97 Å². The van der Waals surface area contributed by atoms with E-state index in [4.69, 9.17) is 9.84 Å². The number of ether oxygens (including phenoxy) is 1. The highest BCUT2D eigenvalue weighted by atomic mass is 16.5. The molecule has 1 saturated heterocycles. The summed E-state index contributed by atoms with van der Waals surface area (Å²) in [5, 5.41) is 9.02. The molecular weight excluding hydrogens is 254 g/mol. The molecule has 0 spiro atoms. The maximum Gasteiger partial charge on any atom is 0.320 e. The molecule has 4 nitrogen and oxygen atoms in total. The zero-order valence-electron chi connectivity index (χ0n) is 12.4. The molecule has 110 valence electrons. The van der Waals surface area contributed by atoms with Gasteiger partial charge in [-0.15, -0.1) is 0 Å². The number of benzene rings is 1. The molecular formula is C16H23NO3. The number of carboxylic acids is 1. The number of aryl methyl sites for hydroxylation is 2. The second-order valence-electron chi connectivity index (χ2n) is 5.61. The molecule has 0 bridgehead atoms. The van der Waals surface area contributed by atoms with Gasteiger partial charge in [-0.3, -0.25) is 9.69 Å². The average molecular weight is 277 g/mol. The quantitative estimate of drug-likeness (QED) is 0.919. The molecule has 1 fully saturated rings. The van der Waals surface area contributed by atoms with Gasteiger partial charge in [-0.25, -0.2) is 0 Å². The van der Waals surface area contributed by atoms with Crippen molar-refractivity contribution < 1.29 is 14.6 Å². The fourth-order valence-electron chi connectivity index (χ4n) is 2.52. The Hall–Kier alpha value is -1.55. The molecule has 0 saturated carbocycles. The normalized spacial score (nSPS) is 18.8. The summed E-state index contributed by atoms with van der Waals surface area (Å²) in [7, 11) is 0. The van der Waals surface area contributed by atoms with Gasteiger partial charge in [-0.2, -0.15) is 0 Å².